The molecule has 0 bridgehead atoms. The molecule has 54 valence electrons. The standard InChI is InChI=1S/C8H6N2O/c9-5-7-1-3-8(4-2-7)6-10-11/h1-4,6,11H/p-1/b10-6-. The molecule has 0 saturated heterocycles. The highest BCUT2D eigenvalue weighted by molar-refractivity contribution is 5.79. The first-order valence-electron chi connectivity index (χ1n) is 3.02. The predicted molar refractivity (Wildman–Crippen MR) is 42.1 cm³/mol. The van der Waals surface area contributed by atoms with Crippen LogP contribution in [0, 0.1) is 16.5 Å². The molecule has 0 aliphatic heterocycles. The maximum atomic E-state index is 9.76. The van der Waals surface area contributed by atoms with Crippen LogP contribution in [0.15, 0.2) is 29.4 Å². The molecule has 0 amide bonds. The Balaban J connectivity index is 2.94. The molecule has 0 N–H and O–H groups in total. The topological polar surface area (TPSA) is 59.2 Å². The first-order valence-corrected chi connectivity index (χ1v) is 3.02. The van der Waals surface area contributed by atoms with Crippen LogP contribution in [0.1, 0.15) is 11.1 Å². The van der Waals surface area contributed by atoms with Crippen LogP contribution in [-0.4, -0.2) is 6.21 Å². The number of hydrogen-bond donors (Lipinski definition) is 0. The van der Waals surface area contributed by atoms with Crippen LogP contribution < -0.4 is 0 Å². The minimum atomic E-state index is 0.577. The molecule has 11 heavy (non-hydrogen) atoms. The Morgan fingerprint density at radius 3 is 2.45 bits per heavy atom. The van der Waals surface area contributed by atoms with Crippen molar-refractivity contribution in [2.45, 2.75) is 0 Å². The van der Waals surface area contributed by atoms with Gasteiger partial charge < -0.3 is 10.4 Å². The lowest BCUT2D eigenvalue weighted by Crippen LogP contribution is -1.79. The van der Waals surface area contributed by atoms with Gasteiger partial charge in [-0.3, -0.25) is 0 Å². The molecular weight excluding hydrogens is 140 g/mol. The van der Waals surface area contributed by atoms with Gasteiger partial charge in [0.1, 0.15) is 0 Å². The molecule has 1 aromatic rings. The van der Waals surface area contributed by atoms with Crippen LogP contribution in [0.5, 0.6) is 0 Å². The smallest absolute Gasteiger partial charge is 0.0991 e. The molecule has 1 rings (SSSR count). The highest BCUT2D eigenvalue weighted by atomic mass is 16.4. The fourth-order valence-corrected chi connectivity index (χ4v) is 0.705. The summed E-state index contributed by atoms with van der Waals surface area (Å²) in [7, 11) is 0. The van der Waals surface area contributed by atoms with Crippen molar-refractivity contribution in [1.29, 1.82) is 5.26 Å². The van der Waals surface area contributed by atoms with E-state index in [1.165, 1.54) is 6.21 Å². The van der Waals surface area contributed by atoms with Crippen molar-refractivity contribution >= 4 is 6.21 Å². The molecule has 0 aliphatic carbocycles. The van der Waals surface area contributed by atoms with Gasteiger partial charge in [0.05, 0.1) is 11.6 Å². The van der Waals surface area contributed by atoms with E-state index in [0.717, 1.165) is 0 Å². The molecule has 1 aromatic carbocycles. The highest BCUT2D eigenvalue weighted by Gasteiger charge is 1.87. The van der Waals surface area contributed by atoms with E-state index in [9.17, 15) is 5.21 Å². The average Bonchev–Trinajstić information content (AvgIpc) is 2.07. The normalized spacial score (nSPS) is 9.73. The third-order valence-electron chi connectivity index (χ3n) is 1.24. The fraction of sp³-hybridized carbons (Fsp3) is 0. The quantitative estimate of drug-likeness (QED) is 0.443. The molecule has 0 aliphatic rings. The first kappa shape index (κ1) is 7.29. The minimum Gasteiger partial charge on any atom is -0.792 e. The number of nitrogens with zero attached hydrogens (tertiary/aromatic N) is 2. The van der Waals surface area contributed by atoms with Crippen molar-refractivity contribution in [3.63, 3.8) is 0 Å². The van der Waals surface area contributed by atoms with Crippen molar-refractivity contribution in [2.75, 3.05) is 0 Å². The van der Waals surface area contributed by atoms with Gasteiger partial charge in [0.2, 0.25) is 0 Å². The molecule has 3 heteroatoms. The second kappa shape index (κ2) is 3.37. The maximum Gasteiger partial charge on any atom is 0.0991 e. The Bertz CT molecular complexity index is 295. The lowest BCUT2D eigenvalue weighted by molar-refractivity contribution is 1.48. The Kier molecular flexibility index (Phi) is 2.24. The fourth-order valence-electron chi connectivity index (χ4n) is 0.705. The molecule has 0 fully saturated rings. The van der Waals surface area contributed by atoms with Crippen molar-refractivity contribution in [1.82, 2.24) is 0 Å². The van der Waals surface area contributed by atoms with Crippen molar-refractivity contribution < 1.29 is 0 Å². The minimum absolute atomic E-state index is 0.577. The van der Waals surface area contributed by atoms with E-state index >= 15 is 0 Å². The van der Waals surface area contributed by atoms with Gasteiger partial charge in [-0.1, -0.05) is 12.1 Å². The second-order valence-electron chi connectivity index (χ2n) is 1.97. The third-order valence-corrected chi connectivity index (χ3v) is 1.24. The molecule has 0 spiro atoms. The summed E-state index contributed by atoms with van der Waals surface area (Å²) in [5.41, 5.74) is 1.28. The lowest BCUT2D eigenvalue weighted by atomic mass is 10.2. The first-order chi connectivity index (χ1) is 5.36. The van der Waals surface area contributed by atoms with E-state index in [0.29, 0.717) is 11.1 Å². The lowest BCUT2D eigenvalue weighted by Gasteiger charge is -1.93. The van der Waals surface area contributed by atoms with E-state index < -0.39 is 0 Å². The van der Waals surface area contributed by atoms with Gasteiger partial charge in [-0.05, 0) is 17.7 Å². The second-order valence-corrected chi connectivity index (χ2v) is 1.97. The van der Waals surface area contributed by atoms with Crippen LogP contribution in [0.25, 0.3) is 0 Å². The zero-order valence-electron chi connectivity index (χ0n) is 5.69. The van der Waals surface area contributed by atoms with Crippen molar-refractivity contribution in [3.05, 3.63) is 40.6 Å². The van der Waals surface area contributed by atoms with Gasteiger partial charge in [-0.2, -0.15) is 5.26 Å². The summed E-state index contributed by atoms with van der Waals surface area (Å²) in [6.07, 6.45) is 1.20. The summed E-state index contributed by atoms with van der Waals surface area (Å²) in [4.78, 5) is 0. The van der Waals surface area contributed by atoms with Gasteiger partial charge in [0.25, 0.3) is 0 Å². The van der Waals surface area contributed by atoms with Crippen molar-refractivity contribution in [3.8, 4) is 6.07 Å². The number of hydrogen-bond acceptors (Lipinski definition) is 3. The number of nitriles is 1. The zero-order chi connectivity index (χ0) is 8.10. The Morgan fingerprint density at radius 1 is 1.36 bits per heavy atom. The average molecular weight is 145 g/mol. The van der Waals surface area contributed by atoms with Gasteiger partial charge in [0.15, 0.2) is 0 Å². The van der Waals surface area contributed by atoms with Crippen molar-refractivity contribution in [2.24, 2.45) is 5.16 Å². The Hall–Kier alpha value is -1.82. The SMILES string of the molecule is N#Cc1ccc(/C=N\[O-])cc1. The van der Waals surface area contributed by atoms with Crippen LogP contribution in [0.2, 0.25) is 0 Å². The van der Waals surface area contributed by atoms with Crippen LogP contribution >= 0.6 is 0 Å². The summed E-state index contributed by atoms with van der Waals surface area (Å²) in [5, 5.41) is 20.8. The van der Waals surface area contributed by atoms with Crippen LogP contribution in [-0.2, 0) is 0 Å². The summed E-state index contributed by atoms with van der Waals surface area (Å²) >= 11 is 0. The summed E-state index contributed by atoms with van der Waals surface area (Å²) < 4.78 is 0. The van der Waals surface area contributed by atoms with E-state index in [1.807, 2.05) is 6.07 Å². The molecule has 3 nitrogen and oxygen atoms in total. The van der Waals surface area contributed by atoms with Crippen LogP contribution in [0.3, 0.4) is 0 Å². The summed E-state index contributed by atoms with van der Waals surface area (Å²) in [5.74, 6) is 0. The molecule has 0 atom stereocenters. The van der Waals surface area contributed by atoms with E-state index in [4.69, 9.17) is 5.26 Å². The molecule has 0 heterocycles. The third kappa shape index (κ3) is 1.80. The molecule has 0 unspecified atom stereocenters. The Labute approximate surface area is 64.2 Å². The number of rotatable bonds is 1. The highest BCUT2D eigenvalue weighted by Crippen LogP contribution is 2.00. The van der Waals surface area contributed by atoms with Gasteiger partial charge >= 0.3 is 0 Å². The monoisotopic (exact) mass is 145 g/mol. The number of benzene rings is 1. The van der Waals surface area contributed by atoms with Gasteiger partial charge in [0, 0.05) is 6.21 Å². The summed E-state index contributed by atoms with van der Waals surface area (Å²) in [6.45, 7) is 0. The molecule has 0 saturated carbocycles. The zero-order valence-corrected chi connectivity index (χ0v) is 5.69. The van der Waals surface area contributed by atoms with Gasteiger partial charge in [-0.25, -0.2) is 0 Å². The van der Waals surface area contributed by atoms with Gasteiger partial charge in [-0.15, -0.1) is 0 Å². The predicted octanol–water partition coefficient (Wildman–Crippen LogP) is 1.47. The Morgan fingerprint density at radius 2 is 2.00 bits per heavy atom. The van der Waals surface area contributed by atoms with E-state index in [2.05, 4.69) is 5.16 Å². The largest absolute Gasteiger partial charge is 0.792 e. The summed E-state index contributed by atoms with van der Waals surface area (Å²) in [6, 6.07) is 8.58. The molecular formula is C8H5N2O-. The molecule has 0 radical (unpaired) electrons. The van der Waals surface area contributed by atoms with Crippen LogP contribution in [0.4, 0.5) is 0 Å². The van der Waals surface area contributed by atoms with E-state index in [1.54, 1.807) is 24.3 Å². The van der Waals surface area contributed by atoms with E-state index in [-0.39, 0.29) is 0 Å². The molecule has 0 aromatic heterocycles. The maximum absolute atomic E-state index is 9.76.